The van der Waals surface area contributed by atoms with Gasteiger partial charge in [0.1, 0.15) is 17.6 Å². The first-order chi connectivity index (χ1) is 11.2. The molecule has 1 N–H and O–H groups in total. The van der Waals surface area contributed by atoms with Gasteiger partial charge in [0.25, 0.3) is 5.91 Å². The second kappa shape index (κ2) is 6.37. The lowest BCUT2D eigenvalue weighted by atomic mass is 10.2. The van der Waals surface area contributed by atoms with Crippen molar-refractivity contribution in [3.8, 4) is 6.07 Å². The van der Waals surface area contributed by atoms with Crippen LogP contribution in [0.25, 0.3) is 0 Å². The van der Waals surface area contributed by atoms with Crippen molar-refractivity contribution in [3.05, 3.63) is 52.1 Å². The number of nitrogens with zero attached hydrogens (tertiary/aromatic N) is 2. The Morgan fingerprint density at radius 2 is 2.12 bits per heavy atom. The van der Waals surface area contributed by atoms with E-state index in [1.165, 1.54) is 13.1 Å². The first kappa shape index (κ1) is 17.6. The molecule has 0 bridgehead atoms. The van der Waals surface area contributed by atoms with Crippen LogP contribution in [0, 0.1) is 17.1 Å². The number of halogens is 4. The largest absolute Gasteiger partial charge is 0.345 e. The summed E-state index contributed by atoms with van der Waals surface area (Å²) in [5.41, 5.74) is -1.32. The van der Waals surface area contributed by atoms with E-state index in [1.54, 1.807) is 6.07 Å². The zero-order valence-corrected chi connectivity index (χ0v) is 12.9. The molecule has 5 nitrogen and oxygen atoms in total. The Balaban J connectivity index is 2.38. The molecule has 0 atom stereocenters. The molecule has 0 saturated heterocycles. The first-order valence-electron chi connectivity index (χ1n) is 6.41. The minimum atomic E-state index is -3.84. The number of carbonyl (C=O) groups excluding carboxylic acids is 2. The summed E-state index contributed by atoms with van der Waals surface area (Å²) >= 11 is 5.80. The van der Waals surface area contributed by atoms with Gasteiger partial charge in [-0.3, -0.25) is 9.59 Å². The summed E-state index contributed by atoms with van der Waals surface area (Å²) in [4.78, 5) is 22.7. The predicted octanol–water partition coefficient (Wildman–Crippen LogP) is 3.23. The van der Waals surface area contributed by atoms with E-state index in [1.807, 2.05) is 0 Å². The molecule has 0 aliphatic carbocycles. The Morgan fingerprint density at radius 3 is 2.71 bits per heavy atom. The van der Waals surface area contributed by atoms with Gasteiger partial charge in [0.2, 0.25) is 0 Å². The Morgan fingerprint density at radius 1 is 1.46 bits per heavy atom. The fourth-order valence-electron chi connectivity index (χ4n) is 2.03. The predicted molar refractivity (Wildman–Crippen MR) is 79.4 cm³/mol. The summed E-state index contributed by atoms with van der Waals surface area (Å²) in [5.74, 6) is -5.46. The van der Waals surface area contributed by atoms with Crippen molar-refractivity contribution in [2.24, 2.45) is 7.05 Å². The van der Waals surface area contributed by atoms with Crippen molar-refractivity contribution in [1.29, 1.82) is 5.26 Å². The minimum Gasteiger partial charge on any atom is -0.345 e. The number of nitrogens with one attached hydrogen (secondary N) is 1. The number of rotatable bonds is 4. The van der Waals surface area contributed by atoms with Crippen molar-refractivity contribution in [3.63, 3.8) is 0 Å². The molecule has 0 spiro atoms. The number of aryl methyl sites for hydroxylation is 1. The van der Waals surface area contributed by atoms with Crippen LogP contribution in [0.1, 0.15) is 21.6 Å². The summed E-state index contributed by atoms with van der Waals surface area (Å²) in [6.45, 7) is 0. The molecule has 0 unspecified atom stereocenters. The molecule has 0 aliphatic rings. The Kier molecular flexibility index (Phi) is 4.66. The molecular formula is C15H9ClF3N3O2. The maximum atomic E-state index is 13.5. The van der Waals surface area contributed by atoms with Crippen LogP contribution in [0.3, 0.4) is 0 Å². The zero-order valence-electron chi connectivity index (χ0n) is 12.1. The SMILES string of the molecule is Cn1cc(C(F)(F)C=O)c(Cl)c1C(=O)Nc1ccc(F)c(C#N)c1. The molecule has 24 heavy (non-hydrogen) atoms. The second-order valence-corrected chi connectivity index (χ2v) is 5.20. The van der Waals surface area contributed by atoms with Crippen molar-refractivity contribution >= 4 is 29.5 Å². The monoisotopic (exact) mass is 355 g/mol. The third-order valence-electron chi connectivity index (χ3n) is 3.19. The lowest BCUT2D eigenvalue weighted by molar-refractivity contribution is -0.130. The molecule has 0 fully saturated rings. The molecule has 124 valence electrons. The third-order valence-corrected chi connectivity index (χ3v) is 3.57. The van der Waals surface area contributed by atoms with Gasteiger partial charge in [0.15, 0.2) is 6.29 Å². The number of hydrogen-bond acceptors (Lipinski definition) is 3. The number of alkyl halides is 2. The van der Waals surface area contributed by atoms with Crippen molar-refractivity contribution in [2.75, 3.05) is 5.32 Å². The lowest BCUT2D eigenvalue weighted by Crippen LogP contribution is -2.17. The topological polar surface area (TPSA) is 74.9 Å². The first-order valence-corrected chi connectivity index (χ1v) is 6.79. The highest BCUT2D eigenvalue weighted by Crippen LogP contribution is 2.35. The van der Waals surface area contributed by atoms with E-state index < -0.39 is 34.5 Å². The van der Waals surface area contributed by atoms with Gasteiger partial charge in [-0.15, -0.1) is 0 Å². The molecule has 1 amide bonds. The van der Waals surface area contributed by atoms with Gasteiger partial charge in [0, 0.05) is 18.9 Å². The van der Waals surface area contributed by atoms with Crippen LogP contribution in [0.2, 0.25) is 5.02 Å². The summed E-state index contributed by atoms with van der Waals surface area (Å²) < 4.78 is 41.3. The van der Waals surface area contributed by atoms with Gasteiger partial charge in [-0.1, -0.05) is 11.6 Å². The normalized spacial score (nSPS) is 11.0. The smallest absolute Gasteiger partial charge is 0.330 e. The number of anilines is 1. The number of carbonyl (C=O) groups is 2. The molecule has 1 heterocycles. The number of nitriles is 1. The lowest BCUT2D eigenvalue weighted by Gasteiger charge is -2.08. The highest BCUT2D eigenvalue weighted by atomic mass is 35.5. The van der Waals surface area contributed by atoms with E-state index in [4.69, 9.17) is 16.9 Å². The second-order valence-electron chi connectivity index (χ2n) is 4.82. The van der Waals surface area contributed by atoms with E-state index in [9.17, 15) is 22.8 Å². The standard InChI is InChI=1S/C15H9ClF3N3O2/c1-22-6-10(15(18,19)7-23)12(16)13(22)14(24)21-9-2-3-11(17)8(4-9)5-20/h2-4,6-7H,1H3,(H,21,24). The van der Waals surface area contributed by atoms with Crippen LogP contribution >= 0.6 is 11.6 Å². The Bertz CT molecular complexity index is 872. The quantitative estimate of drug-likeness (QED) is 0.855. The molecule has 9 heteroatoms. The Hall–Kier alpha value is -2.79. The fraction of sp³-hybridized carbons (Fsp3) is 0.133. The fourth-order valence-corrected chi connectivity index (χ4v) is 2.43. The maximum absolute atomic E-state index is 13.5. The van der Waals surface area contributed by atoms with E-state index in [0.717, 1.165) is 22.9 Å². The molecule has 2 aromatic rings. The maximum Gasteiger partial charge on any atom is 0.330 e. The Labute approximate surface area is 139 Å². The number of hydrogen-bond donors (Lipinski definition) is 1. The number of benzene rings is 1. The summed E-state index contributed by atoms with van der Waals surface area (Å²) in [7, 11) is 1.30. The van der Waals surface area contributed by atoms with E-state index in [-0.39, 0.29) is 16.9 Å². The molecule has 2 rings (SSSR count). The van der Waals surface area contributed by atoms with Gasteiger partial charge in [-0.2, -0.15) is 14.0 Å². The van der Waals surface area contributed by atoms with Crippen LogP contribution in [0.4, 0.5) is 18.9 Å². The minimum absolute atomic E-state index is 0.0823. The van der Waals surface area contributed by atoms with E-state index in [2.05, 4.69) is 5.32 Å². The van der Waals surface area contributed by atoms with Gasteiger partial charge in [-0.05, 0) is 18.2 Å². The number of amides is 1. The molecule has 1 aromatic heterocycles. The van der Waals surface area contributed by atoms with Crippen molar-refractivity contribution < 1.29 is 22.8 Å². The summed E-state index contributed by atoms with van der Waals surface area (Å²) in [6, 6.07) is 4.87. The number of aromatic nitrogens is 1. The van der Waals surface area contributed by atoms with E-state index in [0.29, 0.717) is 0 Å². The van der Waals surface area contributed by atoms with Gasteiger partial charge in [0.05, 0.1) is 16.1 Å². The molecule has 1 aromatic carbocycles. The van der Waals surface area contributed by atoms with Gasteiger partial charge < -0.3 is 9.88 Å². The molecule has 0 aliphatic heterocycles. The van der Waals surface area contributed by atoms with Crippen LogP contribution in [-0.4, -0.2) is 16.8 Å². The molecule has 0 saturated carbocycles. The average molecular weight is 356 g/mol. The van der Waals surface area contributed by atoms with Gasteiger partial charge in [-0.25, -0.2) is 4.39 Å². The number of aldehydes is 1. The molecular weight excluding hydrogens is 347 g/mol. The highest BCUT2D eigenvalue weighted by molar-refractivity contribution is 6.35. The van der Waals surface area contributed by atoms with Crippen LogP contribution in [-0.2, 0) is 17.8 Å². The average Bonchev–Trinajstić information content (AvgIpc) is 2.84. The van der Waals surface area contributed by atoms with Crippen LogP contribution in [0.15, 0.2) is 24.4 Å². The highest BCUT2D eigenvalue weighted by Gasteiger charge is 2.37. The van der Waals surface area contributed by atoms with Crippen molar-refractivity contribution in [1.82, 2.24) is 4.57 Å². The van der Waals surface area contributed by atoms with Gasteiger partial charge >= 0.3 is 5.92 Å². The van der Waals surface area contributed by atoms with Crippen molar-refractivity contribution in [2.45, 2.75) is 5.92 Å². The van der Waals surface area contributed by atoms with E-state index >= 15 is 0 Å². The third kappa shape index (κ3) is 3.12. The summed E-state index contributed by atoms with van der Waals surface area (Å²) in [5, 5.41) is 10.5. The van der Waals surface area contributed by atoms with Crippen LogP contribution in [0.5, 0.6) is 0 Å². The van der Waals surface area contributed by atoms with Crippen LogP contribution < -0.4 is 5.32 Å². The zero-order chi connectivity index (χ0) is 18.1. The molecule has 0 radical (unpaired) electrons. The summed E-state index contributed by atoms with van der Waals surface area (Å²) in [6.07, 6.45) is 0.298.